The van der Waals surface area contributed by atoms with Gasteiger partial charge in [0.2, 0.25) is 0 Å². The minimum absolute atomic E-state index is 0.164. The van der Waals surface area contributed by atoms with Crippen molar-refractivity contribution in [2.75, 3.05) is 0 Å². The molecule has 1 fully saturated rings. The Morgan fingerprint density at radius 1 is 0.917 bits per heavy atom. The summed E-state index contributed by atoms with van der Waals surface area (Å²) < 4.78 is 0. The van der Waals surface area contributed by atoms with Gasteiger partial charge in [0.1, 0.15) is 0 Å². The van der Waals surface area contributed by atoms with Crippen molar-refractivity contribution in [2.45, 2.75) is 51.4 Å². The smallest absolute Gasteiger partial charge is 0.0445 e. The van der Waals surface area contributed by atoms with E-state index in [1.165, 1.54) is 25.7 Å². The van der Waals surface area contributed by atoms with Gasteiger partial charge >= 0.3 is 0 Å². The summed E-state index contributed by atoms with van der Waals surface area (Å²) in [5.41, 5.74) is 0. The van der Waals surface area contributed by atoms with Crippen LogP contribution in [0.15, 0.2) is 0 Å². The van der Waals surface area contributed by atoms with Crippen LogP contribution in [0.25, 0.3) is 0 Å². The summed E-state index contributed by atoms with van der Waals surface area (Å²) in [5, 5.41) is 10.6. The molecule has 1 rings (SSSR count). The largest absolute Gasteiger partial charge is 0.550 e. The average Bonchev–Trinajstić information content (AvgIpc) is 2.15. The minimum atomic E-state index is -0.836. The lowest BCUT2D eigenvalue weighted by molar-refractivity contribution is -0.312. The number of carbonyl (C=O) groups excluding carboxylic acids is 1. The number of carbonyl (C=O) groups is 1. The lowest BCUT2D eigenvalue weighted by Crippen LogP contribution is -2.31. The van der Waals surface area contributed by atoms with Gasteiger partial charge in [-0.25, -0.2) is 0 Å². The molecular formula is C10H17O2-. The first kappa shape index (κ1) is 9.56. The highest BCUT2D eigenvalue weighted by atomic mass is 16.4. The van der Waals surface area contributed by atoms with Gasteiger partial charge in [-0.05, 0) is 18.8 Å². The molecule has 0 aromatic rings. The Morgan fingerprint density at radius 3 is 1.75 bits per heavy atom. The Hall–Kier alpha value is -0.530. The Balaban J connectivity index is 2.33. The van der Waals surface area contributed by atoms with Crippen molar-refractivity contribution < 1.29 is 9.90 Å². The first-order valence-electron chi connectivity index (χ1n) is 5.01. The molecule has 70 valence electrons. The topological polar surface area (TPSA) is 40.1 Å². The molecule has 0 heterocycles. The average molecular weight is 169 g/mol. The zero-order valence-electron chi connectivity index (χ0n) is 7.55. The van der Waals surface area contributed by atoms with Gasteiger partial charge in [0.15, 0.2) is 0 Å². The van der Waals surface area contributed by atoms with Gasteiger partial charge in [-0.15, -0.1) is 0 Å². The number of rotatable bonds is 1. The third-order valence-electron chi connectivity index (χ3n) is 2.69. The molecular weight excluding hydrogens is 152 g/mol. The lowest BCUT2D eigenvalue weighted by atomic mass is 9.97. The highest BCUT2D eigenvalue weighted by Gasteiger charge is 2.10. The van der Waals surface area contributed by atoms with E-state index in [1.807, 2.05) is 0 Å². The molecule has 0 aliphatic heterocycles. The van der Waals surface area contributed by atoms with Gasteiger partial charge in [0, 0.05) is 5.97 Å². The van der Waals surface area contributed by atoms with Crippen LogP contribution in [-0.4, -0.2) is 5.97 Å². The molecule has 2 heteroatoms. The number of carboxylic acids is 1. The molecule has 1 aliphatic rings. The van der Waals surface area contributed by atoms with Crippen molar-refractivity contribution in [1.82, 2.24) is 0 Å². The zero-order chi connectivity index (χ0) is 8.81. The monoisotopic (exact) mass is 169 g/mol. The van der Waals surface area contributed by atoms with Crippen LogP contribution >= 0.6 is 0 Å². The second-order valence-electron chi connectivity index (χ2n) is 3.71. The Bertz CT molecular complexity index is 133. The summed E-state index contributed by atoms with van der Waals surface area (Å²) in [6.45, 7) is 0. The van der Waals surface area contributed by atoms with Crippen molar-refractivity contribution >= 4 is 5.97 Å². The molecule has 0 spiro atoms. The van der Waals surface area contributed by atoms with E-state index in [2.05, 4.69) is 0 Å². The van der Waals surface area contributed by atoms with Crippen LogP contribution in [0.3, 0.4) is 0 Å². The second kappa shape index (κ2) is 5.18. The van der Waals surface area contributed by atoms with E-state index in [1.54, 1.807) is 0 Å². The Morgan fingerprint density at radius 2 is 1.33 bits per heavy atom. The Labute approximate surface area is 74.0 Å². The highest BCUT2D eigenvalue weighted by molar-refractivity contribution is 5.67. The molecule has 1 aliphatic carbocycles. The van der Waals surface area contributed by atoms with Crippen molar-refractivity contribution in [1.29, 1.82) is 0 Å². The third kappa shape index (κ3) is 3.24. The predicted octanol–water partition coefficient (Wildman–Crippen LogP) is 1.49. The number of aliphatic carboxylic acids is 1. The van der Waals surface area contributed by atoms with Gasteiger partial charge in [-0.3, -0.25) is 0 Å². The predicted molar refractivity (Wildman–Crippen MR) is 45.4 cm³/mol. The van der Waals surface area contributed by atoms with Crippen LogP contribution in [0.5, 0.6) is 0 Å². The molecule has 0 unspecified atom stereocenters. The standard InChI is InChI=1S/C10H18O2/c11-10(12)9-7-5-3-1-2-4-6-8-9/h9H,1-8H2,(H,11,12)/p-1. The minimum Gasteiger partial charge on any atom is -0.550 e. The van der Waals surface area contributed by atoms with E-state index in [0.717, 1.165) is 25.7 Å². The summed E-state index contributed by atoms with van der Waals surface area (Å²) in [6, 6.07) is 0. The zero-order valence-corrected chi connectivity index (χ0v) is 7.55. The maximum Gasteiger partial charge on any atom is 0.0445 e. The molecule has 0 bridgehead atoms. The van der Waals surface area contributed by atoms with Crippen molar-refractivity contribution in [3.63, 3.8) is 0 Å². The fourth-order valence-electron chi connectivity index (χ4n) is 1.87. The van der Waals surface area contributed by atoms with Crippen LogP contribution in [0, 0.1) is 5.92 Å². The van der Waals surface area contributed by atoms with Crippen LogP contribution in [-0.2, 0) is 4.79 Å². The quantitative estimate of drug-likeness (QED) is 0.596. The molecule has 12 heavy (non-hydrogen) atoms. The normalized spacial score (nSPS) is 22.3. The number of hydrogen-bond donors (Lipinski definition) is 0. The maximum absolute atomic E-state index is 10.6. The first-order valence-corrected chi connectivity index (χ1v) is 5.01. The molecule has 0 aromatic carbocycles. The van der Waals surface area contributed by atoms with E-state index < -0.39 is 5.97 Å². The molecule has 0 aromatic heterocycles. The molecule has 2 nitrogen and oxygen atoms in total. The molecule has 0 saturated heterocycles. The summed E-state index contributed by atoms with van der Waals surface area (Å²) in [5.74, 6) is -1.000. The van der Waals surface area contributed by atoms with Crippen molar-refractivity contribution in [3.05, 3.63) is 0 Å². The van der Waals surface area contributed by atoms with Crippen LogP contribution in [0.1, 0.15) is 51.4 Å². The first-order chi connectivity index (χ1) is 5.80. The van der Waals surface area contributed by atoms with E-state index in [-0.39, 0.29) is 5.92 Å². The van der Waals surface area contributed by atoms with E-state index in [4.69, 9.17) is 0 Å². The van der Waals surface area contributed by atoms with Gasteiger partial charge in [-0.2, -0.15) is 0 Å². The summed E-state index contributed by atoms with van der Waals surface area (Å²) >= 11 is 0. The number of carboxylic acid groups (broad SMARTS) is 1. The maximum atomic E-state index is 10.6. The summed E-state index contributed by atoms with van der Waals surface area (Å²) in [6.07, 6.45) is 8.76. The van der Waals surface area contributed by atoms with E-state index in [0.29, 0.717) is 0 Å². The van der Waals surface area contributed by atoms with E-state index in [9.17, 15) is 9.90 Å². The lowest BCUT2D eigenvalue weighted by Gasteiger charge is -2.16. The SMILES string of the molecule is O=C([O-])C1CCCCCCCC1. The number of hydrogen-bond acceptors (Lipinski definition) is 2. The molecule has 0 atom stereocenters. The van der Waals surface area contributed by atoms with Crippen LogP contribution < -0.4 is 5.11 Å². The van der Waals surface area contributed by atoms with Gasteiger partial charge in [0.05, 0.1) is 0 Å². The molecule has 0 radical (unpaired) electrons. The summed E-state index contributed by atoms with van der Waals surface area (Å²) in [7, 11) is 0. The molecule has 0 N–H and O–H groups in total. The van der Waals surface area contributed by atoms with Crippen LogP contribution in [0.4, 0.5) is 0 Å². The fraction of sp³-hybridized carbons (Fsp3) is 0.900. The van der Waals surface area contributed by atoms with Crippen LogP contribution in [0.2, 0.25) is 0 Å². The van der Waals surface area contributed by atoms with E-state index >= 15 is 0 Å². The van der Waals surface area contributed by atoms with Crippen molar-refractivity contribution in [2.24, 2.45) is 5.92 Å². The fourth-order valence-corrected chi connectivity index (χ4v) is 1.87. The second-order valence-corrected chi connectivity index (χ2v) is 3.71. The molecule has 0 amide bonds. The van der Waals surface area contributed by atoms with Crippen molar-refractivity contribution in [3.8, 4) is 0 Å². The highest BCUT2D eigenvalue weighted by Crippen LogP contribution is 2.20. The van der Waals surface area contributed by atoms with Gasteiger partial charge < -0.3 is 9.90 Å². The molecule has 1 saturated carbocycles. The van der Waals surface area contributed by atoms with Gasteiger partial charge in [-0.1, -0.05) is 38.5 Å². The van der Waals surface area contributed by atoms with Gasteiger partial charge in [0.25, 0.3) is 0 Å². The summed E-state index contributed by atoms with van der Waals surface area (Å²) in [4.78, 5) is 10.6. The third-order valence-corrected chi connectivity index (χ3v) is 2.69. The Kier molecular flexibility index (Phi) is 4.12.